The minimum absolute atomic E-state index is 0.0235. The average Bonchev–Trinajstić information content (AvgIpc) is 3.22. The van der Waals surface area contributed by atoms with Crippen molar-refractivity contribution in [2.24, 2.45) is 24.6 Å². The first-order chi connectivity index (χ1) is 12.1. The summed E-state index contributed by atoms with van der Waals surface area (Å²) in [6, 6.07) is 8.25. The molecule has 2 aromatic rings. The Morgan fingerprint density at radius 1 is 1.28 bits per heavy atom. The number of imidazole rings is 1. The zero-order chi connectivity index (χ0) is 17.4. The summed E-state index contributed by atoms with van der Waals surface area (Å²) in [5.74, 6) is 1.24. The molecule has 2 atom stereocenters. The van der Waals surface area contributed by atoms with E-state index in [0.717, 1.165) is 50.2 Å². The molecule has 134 valence electrons. The van der Waals surface area contributed by atoms with Crippen LogP contribution in [0.5, 0.6) is 0 Å². The molecule has 1 amide bonds. The van der Waals surface area contributed by atoms with Crippen molar-refractivity contribution in [3.8, 4) is 0 Å². The molecule has 3 heterocycles. The minimum Gasteiger partial charge on any atom is -0.377 e. The Morgan fingerprint density at radius 2 is 2.04 bits per heavy atom. The highest BCUT2D eigenvalue weighted by atomic mass is 16.5. The zero-order valence-electron chi connectivity index (χ0n) is 14.7. The number of fused-ring (bicyclic) bond motifs is 1. The Labute approximate surface area is 147 Å². The van der Waals surface area contributed by atoms with E-state index < -0.39 is 0 Å². The van der Waals surface area contributed by atoms with Crippen LogP contribution in [0, 0.1) is 11.8 Å². The molecular formula is C19H26N4O2. The Balaban J connectivity index is 1.39. The van der Waals surface area contributed by atoms with Crippen LogP contribution in [-0.4, -0.2) is 46.2 Å². The van der Waals surface area contributed by atoms with E-state index in [1.165, 1.54) is 5.52 Å². The molecule has 25 heavy (non-hydrogen) atoms. The van der Waals surface area contributed by atoms with Gasteiger partial charge in [-0.15, -0.1) is 0 Å². The predicted molar refractivity (Wildman–Crippen MR) is 95.8 cm³/mol. The van der Waals surface area contributed by atoms with E-state index in [0.29, 0.717) is 12.5 Å². The number of ether oxygens (including phenoxy) is 1. The lowest BCUT2D eigenvalue weighted by Crippen LogP contribution is -2.42. The standard InChI is InChI=1S/C19H26N4O2/c1-22-16-5-3-2-4-15(16)21-17(22)12-23-9-6-13(7-10-23)18-14(19(20)24)8-11-25-18/h2-5,13-14,18H,6-12H2,1H3,(H2,20,24)/t14-,18+/m0/s1. The number of hydrogen-bond acceptors (Lipinski definition) is 4. The fourth-order valence-corrected chi connectivity index (χ4v) is 4.36. The van der Waals surface area contributed by atoms with Crippen molar-refractivity contribution in [2.75, 3.05) is 19.7 Å². The van der Waals surface area contributed by atoms with Crippen molar-refractivity contribution in [3.63, 3.8) is 0 Å². The third kappa shape index (κ3) is 3.16. The monoisotopic (exact) mass is 342 g/mol. The van der Waals surface area contributed by atoms with Gasteiger partial charge >= 0.3 is 0 Å². The van der Waals surface area contributed by atoms with Gasteiger partial charge in [0.2, 0.25) is 5.91 Å². The molecule has 0 aliphatic carbocycles. The van der Waals surface area contributed by atoms with Gasteiger partial charge in [-0.3, -0.25) is 9.69 Å². The van der Waals surface area contributed by atoms with Crippen molar-refractivity contribution in [3.05, 3.63) is 30.1 Å². The highest BCUT2D eigenvalue weighted by molar-refractivity contribution is 5.77. The molecule has 2 saturated heterocycles. The lowest BCUT2D eigenvalue weighted by molar-refractivity contribution is -0.124. The molecule has 2 aliphatic rings. The van der Waals surface area contributed by atoms with E-state index in [2.05, 4.69) is 34.7 Å². The Hall–Kier alpha value is -1.92. The fourth-order valence-electron chi connectivity index (χ4n) is 4.36. The fraction of sp³-hybridized carbons (Fsp3) is 0.579. The van der Waals surface area contributed by atoms with Crippen LogP contribution in [0.4, 0.5) is 0 Å². The van der Waals surface area contributed by atoms with Crippen LogP contribution in [0.3, 0.4) is 0 Å². The molecule has 0 bridgehead atoms. The normalized spacial score (nSPS) is 25.6. The first-order valence-electron chi connectivity index (χ1n) is 9.17. The predicted octanol–water partition coefficient (Wildman–Crippen LogP) is 1.68. The maximum absolute atomic E-state index is 11.6. The number of para-hydroxylation sites is 2. The molecule has 6 nitrogen and oxygen atoms in total. The summed E-state index contributed by atoms with van der Waals surface area (Å²) in [4.78, 5) is 18.8. The smallest absolute Gasteiger partial charge is 0.223 e. The second-order valence-electron chi connectivity index (χ2n) is 7.32. The van der Waals surface area contributed by atoms with E-state index >= 15 is 0 Å². The molecule has 6 heteroatoms. The molecule has 0 spiro atoms. The quantitative estimate of drug-likeness (QED) is 0.917. The van der Waals surface area contributed by atoms with Crippen LogP contribution in [0.15, 0.2) is 24.3 Å². The van der Waals surface area contributed by atoms with Gasteiger partial charge in [-0.1, -0.05) is 12.1 Å². The summed E-state index contributed by atoms with van der Waals surface area (Å²) >= 11 is 0. The van der Waals surface area contributed by atoms with Crippen LogP contribution in [0.1, 0.15) is 25.1 Å². The first-order valence-corrected chi connectivity index (χ1v) is 9.17. The zero-order valence-corrected chi connectivity index (χ0v) is 14.7. The lowest BCUT2D eigenvalue weighted by Gasteiger charge is -2.35. The second-order valence-corrected chi connectivity index (χ2v) is 7.32. The van der Waals surface area contributed by atoms with Crippen molar-refractivity contribution in [2.45, 2.75) is 31.9 Å². The van der Waals surface area contributed by atoms with Gasteiger partial charge in [0, 0.05) is 13.7 Å². The van der Waals surface area contributed by atoms with Crippen LogP contribution in [-0.2, 0) is 23.1 Å². The minimum atomic E-state index is -0.204. The Morgan fingerprint density at radius 3 is 2.76 bits per heavy atom. The number of aromatic nitrogens is 2. The van der Waals surface area contributed by atoms with E-state index in [1.807, 2.05) is 6.07 Å². The second kappa shape index (κ2) is 6.77. The molecule has 0 radical (unpaired) electrons. The van der Waals surface area contributed by atoms with Crippen molar-refractivity contribution < 1.29 is 9.53 Å². The summed E-state index contributed by atoms with van der Waals surface area (Å²) < 4.78 is 8.03. The molecule has 1 aromatic carbocycles. The molecule has 2 fully saturated rings. The van der Waals surface area contributed by atoms with E-state index in [9.17, 15) is 4.79 Å². The van der Waals surface area contributed by atoms with Crippen molar-refractivity contribution in [1.82, 2.24) is 14.5 Å². The molecule has 2 N–H and O–H groups in total. The number of rotatable bonds is 4. The summed E-state index contributed by atoms with van der Waals surface area (Å²) in [7, 11) is 2.08. The van der Waals surface area contributed by atoms with E-state index in [4.69, 9.17) is 15.5 Å². The molecule has 4 rings (SSSR count). The van der Waals surface area contributed by atoms with Crippen LogP contribution in [0.2, 0.25) is 0 Å². The maximum atomic E-state index is 11.6. The number of nitrogens with zero attached hydrogens (tertiary/aromatic N) is 3. The number of carbonyl (C=O) groups excluding carboxylic acids is 1. The summed E-state index contributed by atoms with van der Waals surface area (Å²) in [6.45, 7) is 3.56. The molecule has 1 aromatic heterocycles. The van der Waals surface area contributed by atoms with E-state index in [-0.39, 0.29) is 17.9 Å². The largest absolute Gasteiger partial charge is 0.377 e. The number of primary amides is 1. The number of piperidine rings is 1. The van der Waals surface area contributed by atoms with Gasteiger partial charge in [-0.05, 0) is 50.4 Å². The number of likely N-dealkylation sites (tertiary alicyclic amines) is 1. The van der Waals surface area contributed by atoms with Crippen molar-refractivity contribution >= 4 is 16.9 Å². The lowest BCUT2D eigenvalue weighted by atomic mass is 9.84. The average molecular weight is 342 g/mol. The van der Waals surface area contributed by atoms with Gasteiger partial charge in [0.05, 0.1) is 29.6 Å². The third-order valence-corrected chi connectivity index (χ3v) is 5.84. The van der Waals surface area contributed by atoms with Crippen LogP contribution < -0.4 is 5.73 Å². The molecular weight excluding hydrogens is 316 g/mol. The van der Waals surface area contributed by atoms with Gasteiger partial charge in [-0.2, -0.15) is 0 Å². The molecule has 0 unspecified atom stereocenters. The van der Waals surface area contributed by atoms with Gasteiger partial charge in [0.1, 0.15) is 5.82 Å². The molecule has 0 saturated carbocycles. The number of amides is 1. The number of nitrogens with two attached hydrogens (primary N) is 1. The third-order valence-electron chi connectivity index (χ3n) is 5.84. The van der Waals surface area contributed by atoms with Crippen molar-refractivity contribution in [1.29, 1.82) is 0 Å². The first kappa shape index (κ1) is 16.5. The molecule has 2 aliphatic heterocycles. The van der Waals surface area contributed by atoms with Gasteiger partial charge in [0.15, 0.2) is 0 Å². The van der Waals surface area contributed by atoms with Crippen LogP contribution >= 0.6 is 0 Å². The van der Waals surface area contributed by atoms with Gasteiger partial charge in [-0.25, -0.2) is 4.98 Å². The van der Waals surface area contributed by atoms with Gasteiger partial charge in [0.25, 0.3) is 0 Å². The highest BCUT2D eigenvalue weighted by Gasteiger charge is 2.39. The summed E-state index contributed by atoms with van der Waals surface area (Å²) in [5.41, 5.74) is 7.77. The Kier molecular flexibility index (Phi) is 4.48. The van der Waals surface area contributed by atoms with E-state index in [1.54, 1.807) is 0 Å². The number of hydrogen-bond donors (Lipinski definition) is 1. The SMILES string of the molecule is Cn1c(CN2CCC([C@H]3OCC[C@@H]3C(N)=O)CC2)nc2ccccc21. The topological polar surface area (TPSA) is 73.4 Å². The van der Waals surface area contributed by atoms with Gasteiger partial charge < -0.3 is 15.0 Å². The Bertz CT molecular complexity index is 764. The number of aryl methyl sites for hydroxylation is 1. The number of benzene rings is 1. The van der Waals surface area contributed by atoms with Crippen LogP contribution in [0.25, 0.3) is 11.0 Å². The number of carbonyl (C=O) groups is 1. The maximum Gasteiger partial charge on any atom is 0.223 e. The highest BCUT2D eigenvalue weighted by Crippen LogP contribution is 2.33. The summed E-state index contributed by atoms with van der Waals surface area (Å²) in [5, 5.41) is 0. The summed E-state index contributed by atoms with van der Waals surface area (Å²) in [6.07, 6.45) is 2.91.